The summed E-state index contributed by atoms with van der Waals surface area (Å²) < 4.78 is 11.2. The zero-order chi connectivity index (χ0) is 20.2. The highest BCUT2D eigenvalue weighted by molar-refractivity contribution is 6.30. The molecular weight excluding hydrogens is 390 g/mol. The maximum Gasteiger partial charge on any atom is 0.248 e. The van der Waals surface area contributed by atoms with Gasteiger partial charge in [0.2, 0.25) is 5.88 Å². The van der Waals surface area contributed by atoms with Gasteiger partial charge in [-0.3, -0.25) is 0 Å². The second-order valence-electron chi connectivity index (χ2n) is 6.62. The van der Waals surface area contributed by atoms with Crippen LogP contribution in [0, 0.1) is 0 Å². The summed E-state index contributed by atoms with van der Waals surface area (Å²) in [6.45, 7) is 3.24. The van der Waals surface area contributed by atoms with E-state index in [4.69, 9.17) is 26.8 Å². The second-order valence-corrected chi connectivity index (χ2v) is 7.06. The quantitative estimate of drug-likeness (QED) is 0.683. The summed E-state index contributed by atoms with van der Waals surface area (Å²) in [5, 5.41) is 0.739. The van der Waals surface area contributed by atoms with Gasteiger partial charge < -0.3 is 25.0 Å². The first-order valence-electron chi connectivity index (χ1n) is 9.32. The number of ether oxygens (including phenoxy) is 2. The van der Waals surface area contributed by atoms with Crippen molar-refractivity contribution in [2.75, 3.05) is 48.8 Å². The summed E-state index contributed by atoms with van der Waals surface area (Å²) >= 11 is 6.12. The van der Waals surface area contributed by atoms with Gasteiger partial charge in [-0.25, -0.2) is 4.98 Å². The highest BCUT2D eigenvalue weighted by Gasteiger charge is 2.22. The SMILES string of the molecule is COc1ccccc1Oc1ncnc(N2CCN(c3cccc(Cl)c3)CC2)c1N. The van der Waals surface area contributed by atoms with Crippen molar-refractivity contribution in [3.8, 4) is 17.4 Å². The van der Waals surface area contributed by atoms with Gasteiger partial charge in [0.15, 0.2) is 17.3 Å². The van der Waals surface area contributed by atoms with E-state index in [1.165, 1.54) is 6.33 Å². The minimum absolute atomic E-state index is 0.316. The molecule has 2 aromatic carbocycles. The van der Waals surface area contributed by atoms with E-state index in [1.807, 2.05) is 42.5 Å². The molecule has 7 nitrogen and oxygen atoms in total. The molecule has 2 N–H and O–H groups in total. The van der Waals surface area contributed by atoms with E-state index in [2.05, 4.69) is 25.8 Å². The second kappa shape index (κ2) is 8.45. The molecule has 150 valence electrons. The Morgan fingerprint density at radius 2 is 1.66 bits per heavy atom. The Morgan fingerprint density at radius 1 is 0.931 bits per heavy atom. The lowest BCUT2D eigenvalue weighted by Gasteiger charge is -2.37. The zero-order valence-electron chi connectivity index (χ0n) is 16.1. The fourth-order valence-corrected chi connectivity index (χ4v) is 3.55. The van der Waals surface area contributed by atoms with Gasteiger partial charge in [0.25, 0.3) is 0 Å². The molecule has 8 heteroatoms. The van der Waals surface area contributed by atoms with Crippen LogP contribution in [0.4, 0.5) is 17.2 Å². The summed E-state index contributed by atoms with van der Waals surface area (Å²) in [5.74, 6) is 2.16. The minimum Gasteiger partial charge on any atom is -0.493 e. The zero-order valence-corrected chi connectivity index (χ0v) is 16.8. The monoisotopic (exact) mass is 411 g/mol. The molecule has 0 radical (unpaired) electrons. The number of nitrogens with zero attached hydrogens (tertiary/aromatic N) is 4. The topological polar surface area (TPSA) is 76.7 Å². The van der Waals surface area contributed by atoms with Crippen LogP contribution >= 0.6 is 11.6 Å². The number of halogens is 1. The number of methoxy groups -OCH3 is 1. The Bertz CT molecular complexity index is 992. The molecule has 1 saturated heterocycles. The molecular formula is C21H22ClN5O2. The molecule has 3 aromatic rings. The predicted molar refractivity (Wildman–Crippen MR) is 115 cm³/mol. The number of nitrogens with two attached hydrogens (primary N) is 1. The highest BCUT2D eigenvalue weighted by Crippen LogP contribution is 2.36. The van der Waals surface area contributed by atoms with Crippen molar-refractivity contribution in [3.63, 3.8) is 0 Å². The molecule has 0 atom stereocenters. The third kappa shape index (κ3) is 4.14. The molecule has 0 amide bonds. The van der Waals surface area contributed by atoms with E-state index in [0.29, 0.717) is 28.9 Å². The van der Waals surface area contributed by atoms with Crippen LogP contribution in [0.5, 0.6) is 17.4 Å². The number of nitrogen functional groups attached to an aromatic ring is 1. The number of benzene rings is 2. The Labute approximate surface area is 174 Å². The number of aromatic nitrogens is 2. The molecule has 0 unspecified atom stereocenters. The Morgan fingerprint density at radius 3 is 2.38 bits per heavy atom. The summed E-state index contributed by atoms with van der Waals surface area (Å²) in [5.41, 5.74) is 7.89. The lowest BCUT2D eigenvalue weighted by Crippen LogP contribution is -2.47. The molecule has 0 spiro atoms. The van der Waals surface area contributed by atoms with Crippen molar-refractivity contribution in [1.29, 1.82) is 0 Å². The van der Waals surface area contributed by atoms with Gasteiger partial charge in [-0.2, -0.15) is 4.98 Å². The fourth-order valence-electron chi connectivity index (χ4n) is 3.36. The summed E-state index contributed by atoms with van der Waals surface area (Å²) in [6, 6.07) is 15.3. The molecule has 2 heterocycles. The van der Waals surface area contributed by atoms with Crippen LogP contribution in [0.2, 0.25) is 5.02 Å². The largest absolute Gasteiger partial charge is 0.493 e. The predicted octanol–water partition coefficient (Wildman–Crippen LogP) is 3.84. The third-order valence-electron chi connectivity index (χ3n) is 4.85. The van der Waals surface area contributed by atoms with Gasteiger partial charge >= 0.3 is 0 Å². The highest BCUT2D eigenvalue weighted by atomic mass is 35.5. The van der Waals surface area contributed by atoms with Gasteiger partial charge in [-0.05, 0) is 30.3 Å². The van der Waals surface area contributed by atoms with Crippen molar-refractivity contribution in [3.05, 3.63) is 59.9 Å². The standard InChI is InChI=1S/C21H22ClN5O2/c1-28-17-7-2-3-8-18(17)29-21-19(23)20(24-14-25-21)27-11-9-26(10-12-27)16-6-4-5-15(22)13-16/h2-8,13-14H,9-12,23H2,1H3. The van der Waals surface area contributed by atoms with Crippen molar-refractivity contribution in [2.45, 2.75) is 0 Å². The summed E-state index contributed by atoms with van der Waals surface area (Å²) in [6.07, 6.45) is 1.47. The van der Waals surface area contributed by atoms with Crippen molar-refractivity contribution in [2.24, 2.45) is 0 Å². The van der Waals surface area contributed by atoms with Crippen LogP contribution in [0.1, 0.15) is 0 Å². The van der Waals surface area contributed by atoms with E-state index in [9.17, 15) is 0 Å². The molecule has 0 aliphatic carbocycles. The smallest absolute Gasteiger partial charge is 0.248 e. The van der Waals surface area contributed by atoms with E-state index in [0.717, 1.165) is 36.9 Å². The van der Waals surface area contributed by atoms with Crippen molar-refractivity contribution in [1.82, 2.24) is 9.97 Å². The molecule has 0 saturated carbocycles. The van der Waals surface area contributed by atoms with E-state index in [1.54, 1.807) is 7.11 Å². The number of rotatable bonds is 5. The van der Waals surface area contributed by atoms with Gasteiger partial charge in [-0.1, -0.05) is 29.8 Å². The van der Waals surface area contributed by atoms with Crippen LogP contribution in [-0.2, 0) is 0 Å². The van der Waals surface area contributed by atoms with Crippen molar-refractivity contribution >= 4 is 28.8 Å². The lowest BCUT2D eigenvalue weighted by molar-refractivity contribution is 0.374. The number of piperazine rings is 1. The third-order valence-corrected chi connectivity index (χ3v) is 5.09. The Kier molecular flexibility index (Phi) is 5.57. The Hall–Kier alpha value is -3.19. The molecule has 1 aliphatic heterocycles. The average Bonchev–Trinajstić information content (AvgIpc) is 2.76. The first kappa shape index (κ1) is 19.1. The van der Waals surface area contributed by atoms with Gasteiger partial charge in [0.05, 0.1) is 7.11 Å². The molecule has 1 fully saturated rings. The average molecular weight is 412 g/mol. The molecule has 1 aromatic heterocycles. The van der Waals surface area contributed by atoms with Gasteiger partial charge in [-0.15, -0.1) is 0 Å². The van der Waals surface area contributed by atoms with Gasteiger partial charge in [0, 0.05) is 36.9 Å². The first-order valence-corrected chi connectivity index (χ1v) is 9.70. The van der Waals surface area contributed by atoms with E-state index < -0.39 is 0 Å². The molecule has 0 bridgehead atoms. The lowest BCUT2D eigenvalue weighted by atomic mass is 10.2. The number of para-hydroxylation sites is 2. The first-order chi connectivity index (χ1) is 14.2. The molecule has 4 rings (SSSR count). The van der Waals surface area contributed by atoms with Crippen molar-refractivity contribution < 1.29 is 9.47 Å². The maximum atomic E-state index is 6.36. The van der Waals surface area contributed by atoms with Crippen LogP contribution in [-0.4, -0.2) is 43.3 Å². The van der Waals surface area contributed by atoms with E-state index >= 15 is 0 Å². The minimum atomic E-state index is 0.316. The summed E-state index contributed by atoms with van der Waals surface area (Å²) in [4.78, 5) is 13.1. The number of hydrogen-bond acceptors (Lipinski definition) is 7. The summed E-state index contributed by atoms with van der Waals surface area (Å²) in [7, 11) is 1.59. The van der Waals surface area contributed by atoms with Crippen LogP contribution in [0.25, 0.3) is 0 Å². The maximum absolute atomic E-state index is 6.36. The van der Waals surface area contributed by atoms with Crippen LogP contribution in [0.15, 0.2) is 54.9 Å². The number of hydrogen-bond donors (Lipinski definition) is 1. The molecule has 29 heavy (non-hydrogen) atoms. The van der Waals surface area contributed by atoms with Crippen LogP contribution < -0.4 is 25.0 Å². The Balaban J connectivity index is 1.49. The van der Waals surface area contributed by atoms with E-state index in [-0.39, 0.29) is 0 Å². The normalized spacial score (nSPS) is 14.0. The fraction of sp³-hybridized carbons (Fsp3) is 0.238. The van der Waals surface area contributed by atoms with Gasteiger partial charge in [0.1, 0.15) is 12.0 Å². The number of anilines is 3. The molecule has 1 aliphatic rings. The van der Waals surface area contributed by atoms with Crippen LogP contribution in [0.3, 0.4) is 0 Å².